The molecule has 3 N–H and O–H groups in total. The van der Waals surface area contributed by atoms with Crippen LogP contribution in [0.15, 0.2) is 23.4 Å². The molecule has 0 aliphatic rings. The van der Waals surface area contributed by atoms with Gasteiger partial charge in [-0.2, -0.15) is 0 Å². The number of nitroso groups, excluding NO2 is 1. The molecule has 0 aromatic heterocycles. The second-order valence-corrected chi connectivity index (χ2v) is 3.01. The average Bonchev–Trinajstić information content (AvgIpc) is 2.20. The van der Waals surface area contributed by atoms with Gasteiger partial charge < -0.3 is 11.1 Å². The van der Waals surface area contributed by atoms with Crippen LogP contribution in [0.4, 0.5) is 11.4 Å². The van der Waals surface area contributed by atoms with Gasteiger partial charge in [-0.15, -0.1) is 4.91 Å². The normalized spacial score (nSPS) is 9.40. The number of primary amides is 1. The van der Waals surface area contributed by atoms with Crippen molar-refractivity contribution in [3.63, 3.8) is 0 Å². The molecule has 1 aromatic carbocycles. The summed E-state index contributed by atoms with van der Waals surface area (Å²) in [4.78, 5) is 31.7. The number of anilines is 1. The first-order valence-corrected chi connectivity index (χ1v) is 4.16. The van der Waals surface area contributed by atoms with Crippen molar-refractivity contribution < 1.29 is 9.59 Å². The number of hydrogen-bond donors (Lipinski definition) is 2. The first-order chi connectivity index (χ1) is 7.04. The Kier molecular flexibility index (Phi) is 3.35. The topological polar surface area (TPSA) is 102 Å². The van der Waals surface area contributed by atoms with E-state index in [0.717, 1.165) is 0 Å². The van der Waals surface area contributed by atoms with Crippen molar-refractivity contribution in [3.05, 3.63) is 28.1 Å². The van der Waals surface area contributed by atoms with Crippen LogP contribution < -0.4 is 11.1 Å². The molecule has 6 nitrogen and oxygen atoms in total. The van der Waals surface area contributed by atoms with Crippen molar-refractivity contribution in [1.29, 1.82) is 0 Å². The molecule has 0 unspecified atom stereocenters. The van der Waals surface area contributed by atoms with E-state index in [1.807, 2.05) is 0 Å². The zero-order chi connectivity index (χ0) is 11.4. The van der Waals surface area contributed by atoms with Gasteiger partial charge in [-0.25, -0.2) is 0 Å². The van der Waals surface area contributed by atoms with Crippen LogP contribution in [-0.4, -0.2) is 11.8 Å². The predicted molar refractivity (Wildman–Crippen MR) is 54.7 cm³/mol. The summed E-state index contributed by atoms with van der Waals surface area (Å²) < 4.78 is 0. The van der Waals surface area contributed by atoms with Gasteiger partial charge in [0.1, 0.15) is 5.69 Å². The molecule has 0 heterocycles. The Morgan fingerprint density at radius 1 is 1.40 bits per heavy atom. The Labute approximate surface area is 89.4 Å². The van der Waals surface area contributed by atoms with Crippen molar-refractivity contribution in [2.45, 2.75) is 0 Å². The molecule has 0 radical (unpaired) electrons. The molecular weight excluding hydrogens is 222 g/mol. The van der Waals surface area contributed by atoms with Crippen molar-refractivity contribution in [2.24, 2.45) is 10.9 Å². The molecule has 78 valence electrons. The van der Waals surface area contributed by atoms with E-state index in [9.17, 15) is 14.5 Å². The molecule has 15 heavy (non-hydrogen) atoms. The lowest BCUT2D eigenvalue weighted by Gasteiger charge is -2.04. The summed E-state index contributed by atoms with van der Waals surface area (Å²) in [6.07, 6.45) is 0. The maximum Gasteiger partial charge on any atom is 0.313 e. The molecule has 1 aromatic rings. The molecule has 0 saturated heterocycles. The summed E-state index contributed by atoms with van der Waals surface area (Å²) in [6.45, 7) is 0. The van der Waals surface area contributed by atoms with Gasteiger partial charge in [0.15, 0.2) is 0 Å². The monoisotopic (exact) mass is 227 g/mol. The minimum atomic E-state index is -1.15. The van der Waals surface area contributed by atoms with Crippen LogP contribution in [-0.2, 0) is 9.59 Å². The summed E-state index contributed by atoms with van der Waals surface area (Å²) in [5, 5.41) is 5.06. The Balaban J connectivity index is 2.99. The van der Waals surface area contributed by atoms with Gasteiger partial charge in [0.2, 0.25) is 0 Å². The van der Waals surface area contributed by atoms with Crippen molar-refractivity contribution in [3.8, 4) is 0 Å². The van der Waals surface area contributed by atoms with E-state index in [2.05, 4.69) is 10.5 Å². The van der Waals surface area contributed by atoms with Crippen LogP contribution in [0, 0.1) is 4.91 Å². The smallest absolute Gasteiger partial charge is 0.313 e. The molecular formula is C8H6ClN3O3. The van der Waals surface area contributed by atoms with Gasteiger partial charge in [-0.1, -0.05) is 11.6 Å². The van der Waals surface area contributed by atoms with Crippen LogP contribution in [0.2, 0.25) is 5.02 Å². The second-order valence-electron chi connectivity index (χ2n) is 2.57. The highest BCUT2D eigenvalue weighted by Gasteiger charge is 2.12. The maximum absolute atomic E-state index is 10.9. The molecule has 0 atom stereocenters. The van der Waals surface area contributed by atoms with E-state index in [1.54, 1.807) is 0 Å². The second kappa shape index (κ2) is 4.52. The Morgan fingerprint density at radius 2 is 2.07 bits per heavy atom. The number of hydrogen-bond acceptors (Lipinski definition) is 4. The van der Waals surface area contributed by atoms with Crippen LogP contribution in [0.3, 0.4) is 0 Å². The number of rotatable bonds is 2. The summed E-state index contributed by atoms with van der Waals surface area (Å²) in [5.41, 5.74) is 4.73. The van der Waals surface area contributed by atoms with Gasteiger partial charge >= 0.3 is 11.8 Å². The first kappa shape index (κ1) is 11.1. The quantitative estimate of drug-likeness (QED) is 0.585. The highest BCUT2D eigenvalue weighted by atomic mass is 35.5. The molecule has 0 bridgehead atoms. The maximum atomic E-state index is 10.9. The van der Waals surface area contributed by atoms with Crippen LogP contribution >= 0.6 is 11.6 Å². The van der Waals surface area contributed by atoms with E-state index in [1.165, 1.54) is 18.2 Å². The number of nitrogens with zero attached hydrogens (tertiary/aromatic N) is 1. The Morgan fingerprint density at radius 3 is 2.60 bits per heavy atom. The highest BCUT2D eigenvalue weighted by Crippen LogP contribution is 2.27. The van der Waals surface area contributed by atoms with Gasteiger partial charge in [0.25, 0.3) is 0 Å². The SMILES string of the molecule is NC(=O)C(=O)Nc1ccc(Cl)cc1N=O. The van der Waals surface area contributed by atoms with E-state index in [0.29, 0.717) is 5.02 Å². The highest BCUT2D eigenvalue weighted by molar-refractivity contribution is 6.39. The molecule has 0 spiro atoms. The van der Waals surface area contributed by atoms with E-state index >= 15 is 0 Å². The minimum absolute atomic E-state index is 0.0721. The minimum Gasteiger partial charge on any atom is -0.361 e. The van der Waals surface area contributed by atoms with Gasteiger partial charge in [0.05, 0.1) is 5.69 Å². The standard InChI is InChI=1S/C8H6ClN3O3/c9-4-1-2-5(6(3-4)12-15)11-8(14)7(10)13/h1-3H,(H2,10,13)(H,11,14). The van der Waals surface area contributed by atoms with E-state index in [-0.39, 0.29) is 11.4 Å². The fourth-order valence-corrected chi connectivity index (χ4v) is 1.04. The van der Waals surface area contributed by atoms with E-state index in [4.69, 9.17) is 17.3 Å². The van der Waals surface area contributed by atoms with E-state index < -0.39 is 11.8 Å². The number of nitrogens with one attached hydrogen (secondary N) is 1. The van der Waals surface area contributed by atoms with Crippen molar-refractivity contribution in [1.82, 2.24) is 0 Å². The predicted octanol–water partition coefficient (Wildman–Crippen LogP) is 1.16. The third-order valence-corrected chi connectivity index (χ3v) is 1.77. The summed E-state index contributed by atoms with van der Waals surface area (Å²) in [5.74, 6) is -2.18. The largest absolute Gasteiger partial charge is 0.361 e. The van der Waals surface area contributed by atoms with Crippen LogP contribution in [0.1, 0.15) is 0 Å². The molecule has 0 aliphatic heterocycles. The molecule has 1 rings (SSSR count). The van der Waals surface area contributed by atoms with Crippen LogP contribution in [0.5, 0.6) is 0 Å². The first-order valence-electron chi connectivity index (χ1n) is 3.78. The third-order valence-electron chi connectivity index (χ3n) is 1.53. The lowest BCUT2D eigenvalue weighted by molar-refractivity contribution is -0.134. The number of carbonyl (C=O) groups is 2. The lowest BCUT2D eigenvalue weighted by atomic mass is 10.2. The molecule has 0 fully saturated rings. The van der Waals surface area contributed by atoms with Crippen molar-refractivity contribution in [2.75, 3.05) is 5.32 Å². The fraction of sp³-hybridized carbons (Fsp3) is 0. The summed E-state index contributed by atoms with van der Waals surface area (Å²) in [6, 6.07) is 4.04. The number of carbonyl (C=O) groups excluding carboxylic acids is 2. The molecule has 2 amide bonds. The summed E-state index contributed by atoms with van der Waals surface area (Å²) in [7, 11) is 0. The average molecular weight is 228 g/mol. The summed E-state index contributed by atoms with van der Waals surface area (Å²) >= 11 is 5.59. The third kappa shape index (κ3) is 2.75. The molecule has 0 aliphatic carbocycles. The number of amides is 2. The van der Waals surface area contributed by atoms with Gasteiger partial charge in [0, 0.05) is 5.02 Å². The Bertz CT molecular complexity index is 433. The molecule has 7 heteroatoms. The lowest BCUT2D eigenvalue weighted by Crippen LogP contribution is -2.29. The van der Waals surface area contributed by atoms with Gasteiger partial charge in [-0.05, 0) is 23.4 Å². The molecule has 0 saturated carbocycles. The Hall–Kier alpha value is -1.95. The van der Waals surface area contributed by atoms with Crippen LogP contribution in [0.25, 0.3) is 0 Å². The number of benzene rings is 1. The number of halogens is 1. The zero-order valence-corrected chi connectivity index (χ0v) is 8.12. The number of nitrogens with two attached hydrogens (primary N) is 1. The van der Waals surface area contributed by atoms with Gasteiger partial charge in [-0.3, -0.25) is 9.59 Å². The van der Waals surface area contributed by atoms with Crippen molar-refractivity contribution >= 4 is 34.8 Å². The fourth-order valence-electron chi connectivity index (χ4n) is 0.870. The zero-order valence-electron chi connectivity index (χ0n) is 7.36.